The quantitative estimate of drug-likeness (QED) is 0.377. The first-order chi connectivity index (χ1) is 5.27. The normalized spacial score (nSPS) is 8.45. The molecule has 0 aromatic heterocycles. The number of unbranched alkanes of at least 4 members (excludes halogenated alkanes) is 3. The van der Waals surface area contributed by atoms with Gasteiger partial charge in [0, 0.05) is 0 Å². The number of hydrogen-bond donors (Lipinski definition) is 0. The summed E-state index contributed by atoms with van der Waals surface area (Å²) in [6.07, 6.45) is 6.39. The van der Waals surface area contributed by atoms with Crippen molar-refractivity contribution in [1.29, 1.82) is 0 Å². The molecule has 0 fully saturated rings. The number of halogens is 1. The number of allylic oxidation sites excluding steroid dienone is 1. The molecule has 0 amide bonds. The molecule has 0 N–H and O–H groups in total. The van der Waals surface area contributed by atoms with Gasteiger partial charge in [0.15, 0.2) is 0 Å². The van der Waals surface area contributed by atoms with Gasteiger partial charge in [-0.05, 0) is 0 Å². The van der Waals surface area contributed by atoms with E-state index in [1.54, 1.807) is 0 Å². The van der Waals surface area contributed by atoms with Crippen LogP contribution in [0.15, 0.2) is 5.57 Å². The first kappa shape index (κ1) is 14.2. The van der Waals surface area contributed by atoms with Crippen molar-refractivity contribution in [3.63, 3.8) is 0 Å². The van der Waals surface area contributed by atoms with Crippen LogP contribution >= 0.6 is 9.69 Å². The monoisotopic (exact) mass is 224 g/mol. The third kappa shape index (κ3) is 18.0. The van der Waals surface area contributed by atoms with Gasteiger partial charge < -0.3 is 6.58 Å². The van der Waals surface area contributed by atoms with Crippen LogP contribution < -0.4 is 0 Å². The average Bonchev–Trinajstić information content (AvgIpc) is 2.02. The van der Waals surface area contributed by atoms with Crippen LogP contribution in [-0.4, -0.2) is 0 Å². The van der Waals surface area contributed by atoms with E-state index in [1.165, 1.54) is 25.7 Å². The molecular formula is C9H17ClZn. The second kappa shape index (κ2) is 13.3. The summed E-state index contributed by atoms with van der Waals surface area (Å²) < 4.78 is 0. The van der Waals surface area contributed by atoms with Crippen molar-refractivity contribution in [2.75, 3.05) is 0 Å². The molecule has 0 saturated heterocycles. The van der Waals surface area contributed by atoms with Crippen molar-refractivity contribution in [2.45, 2.75) is 46.0 Å². The predicted molar refractivity (Wildman–Crippen MR) is 48.1 cm³/mol. The van der Waals surface area contributed by atoms with E-state index in [9.17, 15) is 0 Å². The second-order valence-corrected chi connectivity index (χ2v) is 2.66. The molecule has 0 heterocycles. The van der Waals surface area contributed by atoms with E-state index in [0.29, 0.717) is 0 Å². The Morgan fingerprint density at radius 1 is 1.27 bits per heavy atom. The molecule has 0 aromatic carbocycles. The molecule has 0 aliphatic rings. The van der Waals surface area contributed by atoms with Crippen LogP contribution in [0.25, 0.3) is 0 Å². The Labute approximate surface area is 85.1 Å². The third-order valence-corrected chi connectivity index (χ3v) is 1.42. The van der Waals surface area contributed by atoms with Gasteiger partial charge in [-0.25, -0.2) is 0 Å². The molecule has 2 heteroatoms. The van der Waals surface area contributed by atoms with Crippen molar-refractivity contribution in [2.24, 2.45) is 0 Å². The zero-order valence-electron chi connectivity index (χ0n) is 7.70. The third-order valence-electron chi connectivity index (χ3n) is 1.42. The molecule has 0 unspecified atom stereocenters. The van der Waals surface area contributed by atoms with Crippen LogP contribution in [0.2, 0.25) is 0 Å². The van der Waals surface area contributed by atoms with Crippen LogP contribution in [0.4, 0.5) is 0 Å². The van der Waals surface area contributed by atoms with E-state index >= 15 is 0 Å². The van der Waals surface area contributed by atoms with E-state index in [0.717, 1.165) is 29.3 Å². The summed E-state index contributed by atoms with van der Waals surface area (Å²) in [7, 11) is 4.76. The van der Waals surface area contributed by atoms with Crippen LogP contribution in [0.1, 0.15) is 46.0 Å². The van der Waals surface area contributed by atoms with Crippen molar-refractivity contribution >= 4 is 9.69 Å². The van der Waals surface area contributed by atoms with Crippen molar-refractivity contribution < 1.29 is 17.3 Å². The molecule has 11 heavy (non-hydrogen) atoms. The van der Waals surface area contributed by atoms with E-state index in [4.69, 9.17) is 16.3 Å². The molecule has 0 aromatic rings. The van der Waals surface area contributed by atoms with Crippen molar-refractivity contribution in [3.05, 3.63) is 12.2 Å². The first-order valence-corrected chi connectivity index (χ1v) is 8.02. The van der Waals surface area contributed by atoms with Crippen LogP contribution in [0, 0.1) is 6.58 Å². The van der Waals surface area contributed by atoms with Crippen LogP contribution in [0.3, 0.4) is 0 Å². The predicted octanol–water partition coefficient (Wildman–Crippen LogP) is 4.02. The number of hydrogen-bond acceptors (Lipinski definition) is 0. The molecule has 0 radical (unpaired) electrons. The van der Waals surface area contributed by atoms with Gasteiger partial charge in [-0.1, -0.05) is 46.0 Å². The Balaban J connectivity index is 0. The number of rotatable bonds is 5. The molecule has 0 nitrogen and oxygen atoms in total. The van der Waals surface area contributed by atoms with E-state index in [-0.39, 0.29) is 0 Å². The van der Waals surface area contributed by atoms with Gasteiger partial charge >= 0.3 is 27.0 Å². The van der Waals surface area contributed by atoms with E-state index in [2.05, 4.69) is 6.92 Å². The molecule has 0 saturated carbocycles. The minimum atomic E-state index is 0.847. The molecule has 62 valence electrons. The average molecular weight is 226 g/mol. The maximum atomic E-state index is 5.49. The van der Waals surface area contributed by atoms with Crippen molar-refractivity contribution in [3.8, 4) is 0 Å². The van der Waals surface area contributed by atoms with Gasteiger partial charge in [0.1, 0.15) is 0 Å². The topological polar surface area (TPSA) is 0 Å². The Kier molecular flexibility index (Phi) is 17.1. The van der Waals surface area contributed by atoms with E-state index < -0.39 is 0 Å². The summed E-state index contributed by atoms with van der Waals surface area (Å²) in [4.78, 5) is 0. The summed E-state index contributed by atoms with van der Waals surface area (Å²) in [6.45, 7) is 9.70. The maximum absolute atomic E-state index is 5.49. The summed E-state index contributed by atoms with van der Waals surface area (Å²) in [5.41, 5.74) is 1.08. The van der Waals surface area contributed by atoms with Gasteiger partial charge in [0.05, 0.1) is 0 Å². The van der Waals surface area contributed by atoms with Gasteiger partial charge in [-0.15, -0.1) is 0 Å². The summed E-state index contributed by atoms with van der Waals surface area (Å²) in [5.74, 6) is 0. The standard InChI is InChI=1S/C9H17.ClH.Zn/c1-4-5-6-7-8-9(2)3;;/h2H,4-8H2,1,3H3;1H;/q-1;;+2/p-1. The summed E-state index contributed by atoms with van der Waals surface area (Å²) in [6, 6.07) is 0. The zero-order valence-corrected chi connectivity index (χ0v) is 11.4. The van der Waals surface area contributed by atoms with Crippen LogP contribution in [0.5, 0.6) is 0 Å². The summed E-state index contributed by atoms with van der Waals surface area (Å²) in [5, 5.41) is 0. The fourth-order valence-electron chi connectivity index (χ4n) is 0.831. The van der Waals surface area contributed by atoms with Gasteiger partial charge in [-0.2, -0.15) is 0 Å². The van der Waals surface area contributed by atoms with Crippen LogP contribution in [-0.2, 0) is 17.3 Å². The molecule has 0 bridgehead atoms. The Bertz CT molecular complexity index is 81.6. The first-order valence-electron chi connectivity index (χ1n) is 4.12. The Morgan fingerprint density at radius 3 is 2.18 bits per heavy atom. The van der Waals surface area contributed by atoms with Crippen molar-refractivity contribution in [1.82, 2.24) is 0 Å². The summed E-state index contributed by atoms with van der Waals surface area (Å²) >= 11 is 0.847. The molecular weight excluding hydrogens is 209 g/mol. The Morgan fingerprint density at radius 2 is 1.82 bits per heavy atom. The fourth-order valence-corrected chi connectivity index (χ4v) is 0.831. The molecule has 0 spiro atoms. The zero-order chi connectivity index (χ0) is 9.11. The van der Waals surface area contributed by atoms with E-state index in [1.807, 2.05) is 6.92 Å². The molecule has 0 aliphatic heterocycles. The molecule has 0 atom stereocenters. The van der Waals surface area contributed by atoms with Gasteiger partial charge in [-0.3, -0.25) is 5.57 Å². The second-order valence-electron chi connectivity index (χ2n) is 2.66. The Hall–Kier alpha value is 0.653. The van der Waals surface area contributed by atoms with Gasteiger partial charge in [0.2, 0.25) is 0 Å². The SMILES string of the molecule is [CH-]=C(C)CCCCCC.[Cl][Zn+]. The molecule has 0 rings (SSSR count). The van der Waals surface area contributed by atoms with Gasteiger partial charge in [0.25, 0.3) is 0 Å². The minimum absolute atomic E-state index is 0.847. The molecule has 0 aliphatic carbocycles. The fraction of sp³-hybridized carbons (Fsp3) is 0.778.